The molecule has 0 aromatic heterocycles. The fourth-order valence-corrected chi connectivity index (χ4v) is 4.89. The number of hydrogen-bond acceptors (Lipinski definition) is 8. The molecule has 0 atom stereocenters. The van der Waals surface area contributed by atoms with Crippen LogP contribution < -0.4 is 15.1 Å². The quantitative estimate of drug-likeness (QED) is 0.363. The van der Waals surface area contributed by atoms with E-state index in [0.29, 0.717) is 37.4 Å². The molecule has 0 unspecified atom stereocenters. The molecule has 1 amide bonds. The first-order valence-corrected chi connectivity index (χ1v) is 12.3. The topological polar surface area (TPSA) is 125 Å². The molecule has 0 saturated carbocycles. The third-order valence-electron chi connectivity index (χ3n) is 6.67. The lowest BCUT2D eigenvalue weighted by Gasteiger charge is -2.37. The minimum Gasteiger partial charge on any atom is -0.368 e. The van der Waals surface area contributed by atoms with Gasteiger partial charge in [-0.1, -0.05) is 6.07 Å². The van der Waals surface area contributed by atoms with E-state index >= 15 is 0 Å². The summed E-state index contributed by atoms with van der Waals surface area (Å²) < 4.78 is 0. The highest BCUT2D eigenvalue weighted by atomic mass is 32.1. The van der Waals surface area contributed by atoms with Gasteiger partial charge in [-0.15, -0.1) is 0 Å². The maximum atomic E-state index is 12.6. The molecule has 2 aromatic carbocycles. The van der Waals surface area contributed by atoms with Crippen molar-refractivity contribution in [3.8, 4) is 0 Å². The van der Waals surface area contributed by atoms with Gasteiger partial charge in [0.05, 0.1) is 9.85 Å². The van der Waals surface area contributed by atoms with Crippen molar-refractivity contribution < 1.29 is 14.6 Å². The second-order valence-electron chi connectivity index (χ2n) is 8.97. The number of nitro groups is 2. The van der Waals surface area contributed by atoms with Crippen LogP contribution in [0.25, 0.3) is 0 Å². The zero-order chi connectivity index (χ0) is 25.8. The van der Waals surface area contributed by atoms with Crippen LogP contribution >= 0.6 is 12.2 Å². The van der Waals surface area contributed by atoms with Crippen LogP contribution in [0.2, 0.25) is 0 Å². The van der Waals surface area contributed by atoms with Gasteiger partial charge in [-0.25, -0.2) is 0 Å². The average molecular weight is 513 g/mol. The van der Waals surface area contributed by atoms with Crippen molar-refractivity contribution >= 4 is 46.0 Å². The number of aryl methyl sites for hydroxylation is 1. The molecule has 36 heavy (non-hydrogen) atoms. The van der Waals surface area contributed by atoms with E-state index in [-0.39, 0.29) is 27.0 Å². The average Bonchev–Trinajstić information content (AvgIpc) is 2.89. The smallest absolute Gasteiger partial charge is 0.292 e. The van der Waals surface area contributed by atoms with Gasteiger partial charge in [-0.2, -0.15) is 0 Å². The van der Waals surface area contributed by atoms with E-state index < -0.39 is 10.8 Å². The summed E-state index contributed by atoms with van der Waals surface area (Å²) >= 11 is 5.43. The lowest BCUT2D eigenvalue weighted by atomic mass is 10.1. The minimum absolute atomic E-state index is 0.116. The second kappa shape index (κ2) is 10.9. The van der Waals surface area contributed by atoms with E-state index in [9.17, 15) is 25.0 Å². The number of nitrogens with zero attached hydrogens (tertiary/aromatic N) is 5. The molecule has 2 fully saturated rings. The van der Waals surface area contributed by atoms with E-state index in [0.717, 1.165) is 38.0 Å². The first-order chi connectivity index (χ1) is 17.2. The molecule has 0 bridgehead atoms. The maximum absolute atomic E-state index is 12.6. The van der Waals surface area contributed by atoms with Crippen molar-refractivity contribution in [3.63, 3.8) is 0 Å². The normalized spacial score (nSPS) is 16.0. The predicted octanol–water partition coefficient (Wildman–Crippen LogP) is 3.64. The Bertz CT molecular complexity index is 1190. The summed E-state index contributed by atoms with van der Waals surface area (Å²) in [5, 5.41) is 25.7. The van der Waals surface area contributed by atoms with E-state index in [1.807, 2.05) is 11.0 Å². The van der Waals surface area contributed by atoms with Gasteiger partial charge in [-0.05, 0) is 56.6 Å². The second-order valence-corrected chi connectivity index (χ2v) is 9.36. The third-order valence-corrected chi connectivity index (χ3v) is 7.03. The highest BCUT2D eigenvalue weighted by Crippen LogP contribution is 2.34. The van der Waals surface area contributed by atoms with Crippen molar-refractivity contribution in [1.82, 2.24) is 10.2 Å². The number of thiocarbonyl (C=S) groups is 1. The molecular weight excluding hydrogens is 484 g/mol. The summed E-state index contributed by atoms with van der Waals surface area (Å²) in [6.07, 6.45) is 3.20. The van der Waals surface area contributed by atoms with Crippen LogP contribution in [0.4, 0.5) is 22.7 Å². The highest BCUT2D eigenvalue weighted by Gasteiger charge is 2.26. The van der Waals surface area contributed by atoms with Crippen LogP contribution in [-0.2, 0) is 0 Å². The van der Waals surface area contributed by atoms with Gasteiger partial charge in [0.25, 0.3) is 17.3 Å². The van der Waals surface area contributed by atoms with Crippen LogP contribution in [0, 0.1) is 27.2 Å². The number of nitro benzene ring substituents is 2. The van der Waals surface area contributed by atoms with Gasteiger partial charge in [0.1, 0.15) is 5.69 Å². The molecule has 11 nitrogen and oxygen atoms in total. The van der Waals surface area contributed by atoms with Gasteiger partial charge < -0.3 is 14.7 Å². The van der Waals surface area contributed by atoms with E-state index in [4.69, 9.17) is 12.2 Å². The Balaban J connectivity index is 1.39. The third kappa shape index (κ3) is 5.54. The van der Waals surface area contributed by atoms with Crippen molar-refractivity contribution in [2.75, 3.05) is 49.1 Å². The molecule has 2 aliphatic rings. The number of benzene rings is 2. The number of rotatable bonds is 5. The molecule has 2 saturated heterocycles. The number of carbonyl (C=O) groups excluding carboxylic acids is 1. The van der Waals surface area contributed by atoms with Crippen molar-refractivity contribution in [2.24, 2.45) is 0 Å². The van der Waals surface area contributed by atoms with Crippen LogP contribution in [-0.4, -0.2) is 65.0 Å². The van der Waals surface area contributed by atoms with Gasteiger partial charge in [0.2, 0.25) is 0 Å². The lowest BCUT2D eigenvalue weighted by molar-refractivity contribution is -0.385. The molecule has 4 rings (SSSR count). The first kappa shape index (κ1) is 25.3. The fourth-order valence-electron chi connectivity index (χ4n) is 4.61. The number of nitrogens with one attached hydrogen (secondary N) is 1. The van der Waals surface area contributed by atoms with E-state index in [2.05, 4.69) is 15.1 Å². The molecule has 0 aliphatic carbocycles. The Morgan fingerprint density at radius 1 is 0.861 bits per heavy atom. The van der Waals surface area contributed by atoms with Gasteiger partial charge in [0, 0.05) is 68.2 Å². The van der Waals surface area contributed by atoms with Crippen LogP contribution in [0.15, 0.2) is 36.4 Å². The molecule has 2 heterocycles. The van der Waals surface area contributed by atoms with Crippen molar-refractivity contribution in [1.29, 1.82) is 0 Å². The van der Waals surface area contributed by atoms with Crippen molar-refractivity contribution in [3.05, 3.63) is 67.8 Å². The summed E-state index contributed by atoms with van der Waals surface area (Å²) in [5.74, 6) is -0.493. The highest BCUT2D eigenvalue weighted by molar-refractivity contribution is 7.80. The molecule has 2 aromatic rings. The number of carbonyl (C=O) groups is 1. The standard InChI is InChI=1S/C24H28N6O5S/c1-17-5-6-18(15-21(17)30(34)35)23(31)25-24(36)28-13-11-26(12-14-28)19-7-8-20(29(32)33)22(16-19)27-9-3-2-4-10-27/h5-8,15-16H,2-4,9-14H2,1H3,(H,25,31,36). The number of amides is 1. The van der Waals surface area contributed by atoms with Gasteiger partial charge in [0.15, 0.2) is 5.11 Å². The minimum atomic E-state index is -0.515. The molecule has 12 heteroatoms. The molecule has 2 aliphatic heterocycles. The first-order valence-electron chi connectivity index (χ1n) is 11.9. The van der Waals surface area contributed by atoms with Gasteiger partial charge >= 0.3 is 0 Å². The van der Waals surface area contributed by atoms with Gasteiger partial charge in [-0.3, -0.25) is 30.3 Å². The molecule has 0 spiro atoms. The number of piperidine rings is 1. The molecular formula is C24H28N6O5S. The van der Waals surface area contributed by atoms with Crippen LogP contribution in [0.1, 0.15) is 35.2 Å². The Labute approximate surface area is 214 Å². The number of piperazine rings is 1. The van der Waals surface area contributed by atoms with Crippen molar-refractivity contribution in [2.45, 2.75) is 26.2 Å². The number of anilines is 2. The SMILES string of the molecule is Cc1ccc(C(=O)NC(=S)N2CCN(c3ccc([N+](=O)[O-])c(N4CCCCC4)c3)CC2)cc1[N+](=O)[O-]. The predicted molar refractivity (Wildman–Crippen MR) is 141 cm³/mol. The zero-order valence-electron chi connectivity index (χ0n) is 20.0. The van der Waals surface area contributed by atoms with E-state index in [1.165, 1.54) is 18.2 Å². The van der Waals surface area contributed by atoms with Crippen LogP contribution in [0.3, 0.4) is 0 Å². The summed E-state index contributed by atoms with van der Waals surface area (Å²) in [7, 11) is 0. The molecule has 190 valence electrons. The Morgan fingerprint density at radius 2 is 1.53 bits per heavy atom. The summed E-state index contributed by atoms with van der Waals surface area (Å²) in [5.41, 5.74) is 2.24. The Hall–Kier alpha value is -3.80. The van der Waals surface area contributed by atoms with E-state index in [1.54, 1.807) is 19.1 Å². The Kier molecular flexibility index (Phi) is 7.63. The summed E-state index contributed by atoms with van der Waals surface area (Å²) in [6, 6.07) is 9.59. The largest absolute Gasteiger partial charge is 0.368 e. The fraction of sp³-hybridized carbons (Fsp3) is 0.417. The van der Waals surface area contributed by atoms with Crippen LogP contribution in [0.5, 0.6) is 0 Å². The summed E-state index contributed by atoms with van der Waals surface area (Å²) in [6.45, 7) is 5.62. The molecule has 1 N–H and O–H groups in total. The zero-order valence-corrected chi connectivity index (χ0v) is 20.8. The lowest BCUT2D eigenvalue weighted by Crippen LogP contribution is -2.52. The number of hydrogen-bond donors (Lipinski definition) is 1. The Morgan fingerprint density at radius 3 is 2.17 bits per heavy atom. The molecule has 0 radical (unpaired) electrons. The summed E-state index contributed by atoms with van der Waals surface area (Å²) in [4.78, 5) is 40.7. The monoisotopic (exact) mass is 512 g/mol. The maximum Gasteiger partial charge on any atom is 0.292 e.